The van der Waals surface area contributed by atoms with Crippen LogP contribution in [0.5, 0.6) is 5.75 Å². The molecule has 132 valence electrons. The lowest BCUT2D eigenvalue weighted by Gasteiger charge is -2.11. The van der Waals surface area contributed by atoms with Crippen LogP contribution in [-0.4, -0.2) is 30.1 Å². The summed E-state index contributed by atoms with van der Waals surface area (Å²) in [6, 6.07) is 7.93. The summed E-state index contributed by atoms with van der Waals surface area (Å²) < 4.78 is 5.64. The van der Waals surface area contributed by atoms with Crippen LogP contribution >= 0.6 is 0 Å². The molecule has 1 aliphatic rings. The van der Waals surface area contributed by atoms with Gasteiger partial charge in [-0.25, -0.2) is 0 Å². The van der Waals surface area contributed by atoms with Crippen LogP contribution in [0, 0.1) is 17.8 Å². The van der Waals surface area contributed by atoms with E-state index in [1.165, 1.54) is 0 Å². The average Bonchev–Trinajstić information content (AvgIpc) is 3.04. The molecule has 1 fully saturated rings. The van der Waals surface area contributed by atoms with Gasteiger partial charge in [-0.1, -0.05) is 26.0 Å². The lowest BCUT2D eigenvalue weighted by molar-refractivity contribution is -0.141. The molecule has 0 saturated heterocycles. The Morgan fingerprint density at radius 2 is 1.88 bits per heavy atom. The Bertz CT molecular complexity index is 553. The number of hydrogen-bond donors (Lipinski definition) is 2. The monoisotopic (exact) mass is 333 g/mol. The fourth-order valence-corrected chi connectivity index (χ4v) is 2.93. The number of rotatable bonds is 8. The van der Waals surface area contributed by atoms with Crippen molar-refractivity contribution in [1.29, 1.82) is 0 Å². The van der Waals surface area contributed by atoms with Crippen molar-refractivity contribution in [1.82, 2.24) is 5.32 Å². The molecule has 0 spiro atoms. The maximum absolute atomic E-state index is 12.1. The number of carbonyl (C=O) groups is 2. The van der Waals surface area contributed by atoms with Crippen LogP contribution in [0.1, 0.15) is 38.7 Å². The van der Waals surface area contributed by atoms with Crippen LogP contribution < -0.4 is 10.1 Å². The Kier molecular flexibility index (Phi) is 6.64. The summed E-state index contributed by atoms with van der Waals surface area (Å²) in [5, 5.41) is 11.9. The minimum Gasteiger partial charge on any atom is -0.493 e. The molecule has 0 bridgehead atoms. The standard InChI is InChI=1S/C19H27NO4/c1-13(2)12-24-17-7-3-14(4-8-17)9-10-20-18(21)15-5-6-16(11-15)19(22)23/h3-4,7-8,13,15-16H,5-6,9-12H2,1-2H3,(H,20,21)(H,22,23)/t15-,16+/m1/s1. The smallest absolute Gasteiger partial charge is 0.306 e. The zero-order valence-corrected chi connectivity index (χ0v) is 14.5. The molecule has 2 N–H and O–H groups in total. The highest BCUT2D eigenvalue weighted by atomic mass is 16.5. The first-order valence-corrected chi connectivity index (χ1v) is 8.68. The molecule has 0 aromatic heterocycles. The third kappa shape index (κ3) is 5.55. The van der Waals surface area contributed by atoms with Gasteiger partial charge in [0, 0.05) is 12.5 Å². The van der Waals surface area contributed by atoms with Crippen LogP contribution in [0.25, 0.3) is 0 Å². The molecule has 2 rings (SSSR count). The van der Waals surface area contributed by atoms with Gasteiger partial charge in [0.2, 0.25) is 5.91 Å². The summed E-state index contributed by atoms with van der Waals surface area (Å²) in [4.78, 5) is 23.0. The van der Waals surface area contributed by atoms with Crippen molar-refractivity contribution >= 4 is 11.9 Å². The van der Waals surface area contributed by atoms with E-state index < -0.39 is 5.97 Å². The minimum absolute atomic E-state index is 0.0179. The van der Waals surface area contributed by atoms with Gasteiger partial charge in [-0.2, -0.15) is 0 Å². The molecule has 5 nitrogen and oxygen atoms in total. The highest BCUT2D eigenvalue weighted by Crippen LogP contribution is 2.31. The number of nitrogens with one attached hydrogen (secondary N) is 1. The molecule has 1 saturated carbocycles. The largest absolute Gasteiger partial charge is 0.493 e. The van der Waals surface area contributed by atoms with Crippen molar-refractivity contribution in [2.24, 2.45) is 17.8 Å². The van der Waals surface area contributed by atoms with Crippen LogP contribution in [0.3, 0.4) is 0 Å². The number of carboxylic acids is 1. The molecule has 0 aliphatic heterocycles. The first-order valence-electron chi connectivity index (χ1n) is 8.68. The lowest BCUT2D eigenvalue weighted by Crippen LogP contribution is -2.31. The molecule has 1 aromatic carbocycles. The van der Waals surface area contributed by atoms with Gasteiger partial charge in [0.1, 0.15) is 5.75 Å². The fourth-order valence-electron chi connectivity index (χ4n) is 2.93. The topological polar surface area (TPSA) is 75.6 Å². The second-order valence-corrected chi connectivity index (χ2v) is 6.93. The molecule has 1 aromatic rings. The molecule has 5 heteroatoms. The first kappa shape index (κ1) is 18.3. The van der Waals surface area contributed by atoms with Crippen molar-refractivity contribution < 1.29 is 19.4 Å². The van der Waals surface area contributed by atoms with Crippen LogP contribution in [0.4, 0.5) is 0 Å². The van der Waals surface area contributed by atoms with Crippen LogP contribution in [0.2, 0.25) is 0 Å². The Balaban J connectivity index is 1.70. The predicted molar refractivity (Wildman–Crippen MR) is 92.0 cm³/mol. The van der Waals surface area contributed by atoms with Crippen molar-refractivity contribution in [3.63, 3.8) is 0 Å². The van der Waals surface area contributed by atoms with E-state index in [-0.39, 0.29) is 17.7 Å². The highest BCUT2D eigenvalue weighted by Gasteiger charge is 2.33. The van der Waals surface area contributed by atoms with E-state index in [0.29, 0.717) is 38.3 Å². The van der Waals surface area contributed by atoms with Gasteiger partial charge in [0.25, 0.3) is 0 Å². The van der Waals surface area contributed by atoms with E-state index in [9.17, 15) is 9.59 Å². The molecule has 0 radical (unpaired) electrons. The number of amides is 1. The Morgan fingerprint density at radius 3 is 2.46 bits per heavy atom. The van der Waals surface area contributed by atoms with Gasteiger partial charge in [-0.3, -0.25) is 9.59 Å². The summed E-state index contributed by atoms with van der Waals surface area (Å²) in [5.41, 5.74) is 1.14. The first-order chi connectivity index (χ1) is 11.5. The van der Waals surface area contributed by atoms with Gasteiger partial charge in [-0.15, -0.1) is 0 Å². The third-order valence-electron chi connectivity index (χ3n) is 4.37. The van der Waals surface area contributed by atoms with Gasteiger partial charge in [-0.05, 0) is 49.3 Å². The Morgan fingerprint density at radius 1 is 1.21 bits per heavy atom. The van der Waals surface area contributed by atoms with E-state index in [4.69, 9.17) is 9.84 Å². The van der Waals surface area contributed by atoms with E-state index in [1.54, 1.807) is 0 Å². The maximum Gasteiger partial charge on any atom is 0.306 e. The van der Waals surface area contributed by atoms with E-state index in [2.05, 4.69) is 19.2 Å². The van der Waals surface area contributed by atoms with Crippen molar-refractivity contribution in [3.8, 4) is 5.75 Å². The SMILES string of the molecule is CC(C)COc1ccc(CCNC(=O)[C@@H]2CC[C@H](C(=O)O)C2)cc1. The van der Waals surface area contributed by atoms with Crippen LogP contribution in [-0.2, 0) is 16.0 Å². The zero-order valence-electron chi connectivity index (χ0n) is 14.5. The molecule has 0 unspecified atom stereocenters. The van der Waals surface area contributed by atoms with Gasteiger partial charge in [0.05, 0.1) is 12.5 Å². The highest BCUT2D eigenvalue weighted by molar-refractivity contribution is 5.80. The maximum atomic E-state index is 12.1. The van der Waals surface area contributed by atoms with E-state index in [0.717, 1.165) is 17.7 Å². The second kappa shape index (κ2) is 8.71. The van der Waals surface area contributed by atoms with Crippen molar-refractivity contribution in [3.05, 3.63) is 29.8 Å². The quantitative estimate of drug-likeness (QED) is 0.767. The van der Waals surface area contributed by atoms with Gasteiger partial charge >= 0.3 is 5.97 Å². The third-order valence-corrected chi connectivity index (χ3v) is 4.37. The molecule has 0 heterocycles. The van der Waals surface area contributed by atoms with E-state index in [1.807, 2.05) is 24.3 Å². The molecule has 2 atom stereocenters. The molecule has 24 heavy (non-hydrogen) atoms. The molecule has 1 amide bonds. The number of carboxylic acid groups (broad SMARTS) is 1. The summed E-state index contributed by atoms with van der Waals surface area (Å²) in [6.45, 7) is 5.49. The Hall–Kier alpha value is -2.04. The second-order valence-electron chi connectivity index (χ2n) is 6.93. The molecular formula is C19H27NO4. The predicted octanol–water partition coefficient (Wildman–Crippen LogP) is 2.88. The summed E-state index contributed by atoms with van der Waals surface area (Å²) in [5.74, 6) is 0.0381. The van der Waals surface area contributed by atoms with Crippen LogP contribution in [0.15, 0.2) is 24.3 Å². The van der Waals surface area contributed by atoms with E-state index >= 15 is 0 Å². The summed E-state index contributed by atoms with van der Waals surface area (Å²) in [6.07, 6.45) is 2.49. The number of carbonyl (C=O) groups excluding carboxylic acids is 1. The summed E-state index contributed by atoms with van der Waals surface area (Å²) >= 11 is 0. The number of hydrogen-bond acceptors (Lipinski definition) is 3. The zero-order chi connectivity index (χ0) is 17.5. The minimum atomic E-state index is -0.787. The normalized spacial score (nSPS) is 20.1. The van der Waals surface area contributed by atoms with Gasteiger partial charge in [0.15, 0.2) is 0 Å². The summed E-state index contributed by atoms with van der Waals surface area (Å²) in [7, 11) is 0. The average molecular weight is 333 g/mol. The van der Waals surface area contributed by atoms with Crippen molar-refractivity contribution in [2.45, 2.75) is 39.5 Å². The van der Waals surface area contributed by atoms with Gasteiger partial charge < -0.3 is 15.2 Å². The molecular weight excluding hydrogens is 306 g/mol. The van der Waals surface area contributed by atoms with Crippen molar-refractivity contribution in [2.75, 3.05) is 13.2 Å². The lowest BCUT2D eigenvalue weighted by atomic mass is 10.0. The fraction of sp³-hybridized carbons (Fsp3) is 0.579. The Labute approximate surface area is 143 Å². The molecule has 1 aliphatic carbocycles. The number of aliphatic carboxylic acids is 1. The number of ether oxygens (including phenoxy) is 1. The number of benzene rings is 1.